The van der Waals surface area contributed by atoms with Gasteiger partial charge in [0.2, 0.25) is 0 Å². The Labute approximate surface area is 179 Å². The van der Waals surface area contributed by atoms with Gasteiger partial charge in [-0.3, -0.25) is 9.59 Å². The molecule has 2 aliphatic carbocycles. The highest BCUT2D eigenvalue weighted by molar-refractivity contribution is 6.31. The van der Waals surface area contributed by atoms with E-state index in [1.165, 1.54) is 0 Å². The molecule has 0 amide bonds. The average molecular weight is 427 g/mol. The molecule has 0 aliphatic heterocycles. The number of rotatable bonds is 5. The summed E-state index contributed by atoms with van der Waals surface area (Å²) in [7, 11) is 0. The number of carboxylic acid groups (broad SMARTS) is 1. The zero-order valence-electron chi connectivity index (χ0n) is 15.6. The molecular formula is C24H20Cl2O3. The van der Waals surface area contributed by atoms with E-state index < -0.39 is 17.3 Å². The highest BCUT2D eigenvalue weighted by Gasteiger charge is 2.51. The average Bonchev–Trinajstić information content (AvgIpc) is 3.15. The normalized spacial score (nSPS) is 25.4. The SMILES string of the molecule is O=C(O)C1CCC2C1=CC=CC2(Cc1ccc(Cl)cc1)C(=O)c1ccc(Cl)cc1. The molecule has 2 aliphatic rings. The Balaban J connectivity index is 1.79. The second-order valence-corrected chi connectivity index (χ2v) is 8.60. The van der Waals surface area contributed by atoms with Gasteiger partial charge in [-0.05, 0) is 67.1 Å². The third-order valence-corrected chi connectivity index (χ3v) is 6.59. The third-order valence-electron chi connectivity index (χ3n) is 6.09. The molecule has 1 N–H and O–H groups in total. The van der Waals surface area contributed by atoms with E-state index in [1.54, 1.807) is 24.3 Å². The first kappa shape index (κ1) is 19.9. The van der Waals surface area contributed by atoms with Crippen LogP contribution in [0.3, 0.4) is 0 Å². The van der Waals surface area contributed by atoms with Crippen molar-refractivity contribution in [2.45, 2.75) is 19.3 Å². The minimum absolute atomic E-state index is 0.0120. The van der Waals surface area contributed by atoms with Crippen molar-refractivity contribution in [3.63, 3.8) is 0 Å². The van der Waals surface area contributed by atoms with Gasteiger partial charge in [-0.2, -0.15) is 0 Å². The molecule has 1 saturated carbocycles. The number of aliphatic carboxylic acids is 1. The van der Waals surface area contributed by atoms with E-state index >= 15 is 0 Å². The Hall–Kier alpha value is -2.36. The van der Waals surface area contributed by atoms with E-state index in [1.807, 2.05) is 42.5 Å². The van der Waals surface area contributed by atoms with Crippen molar-refractivity contribution in [1.29, 1.82) is 0 Å². The van der Waals surface area contributed by atoms with Gasteiger partial charge in [0.15, 0.2) is 5.78 Å². The quantitative estimate of drug-likeness (QED) is 0.595. The molecule has 0 radical (unpaired) electrons. The minimum Gasteiger partial charge on any atom is -0.481 e. The summed E-state index contributed by atoms with van der Waals surface area (Å²) >= 11 is 12.0. The third kappa shape index (κ3) is 3.65. The van der Waals surface area contributed by atoms with Gasteiger partial charge >= 0.3 is 5.97 Å². The summed E-state index contributed by atoms with van der Waals surface area (Å²) in [5, 5.41) is 10.9. The minimum atomic E-state index is -0.837. The van der Waals surface area contributed by atoms with Crippen molar-refractivity contribution < 1.29 is 14.7 Å². The zero-order valence-corrected chi connectivity index (χ0v) is 17.2. The summed E-state index contributed by atoms with van der Waals surface area (Å²) in [4.78, 5) is 25.6. The summed E-state index contributed by atoms with van der Waals surface area (Å²) in [5.41, 5.74) is 1.57. The maximum Gasteiger partial charge on any atom is 0.310 e. The lowest BCUT2D eigenvalue weighted by Gasteiger charge is -2.39. The fourth-order valence-electron chi connectivity index (χ4n) is 4.72. The summed E-state index contributed by atoms with van der Waals surface area (Å²) in [6.45, 7) is 0. The lowest BCUT2D eigenvalue weighted by molar-refractivity contribution is -0.140. The van der Waals surface area contributed by atoms with Crippen molar-refractivity contribution in [3.05, 3.63) is 93.5 Å². The van der Waals surface area contributed by atoms with E-state index in [0.29, 0.717) is 34.9 Å². The summed E-state index contributed by atoms with van der Waals surface area (Å²) in [6, 6.07) is 14.4. The van der Waals surface area contributed by atoms with E-state index in [2.05, 4.69) is 0 Å². The molecular weight excluding hydrogens is 407 g/mol. The summed E-state index contributed by atoms with van der Waals surface area (Å²) < 4.78 is 0. The molecule has 2 aromatic rings. The largest absolute Gasteiger partial charge is 0.481 e. The van der Waals surface area contributed by atoms with Gasteiger partial charge in [-0.25, -0.2) is 0 Å². The number of benzene rings is 2. The Bertz CT molecular complexity index is 1010. The number of ketones is 1. The smallest absolute Gasteiger partial charge is 0.310 e. The number of halogens is 2. The molecule has 4 rings (SSSR count). The summed E-state index contributed by atoms with van der Waals surface area (Å²) in [6.07, 6.45) is 7.37. The number of fused-ring (bicyclic) bond motifs is 1. The predicted octanol–water partition coefficient (Wildman–Crippen LogP) is 6.01. The van der Waals surface area contributed by atoms with E-state index in [0.717, 1.165) is 11.1 Å². The second kappa shape index (κ2) is 7.81. The number of carbonyl (C=O) groups is 2. The predicted molar refractivity (Wildman–Crippen MR) is 114 cm³/mol. The molecule has 0 spiro atoms. The van der Waals surface area contributed by atoms with E-state index in [-0.39, 0.29) is 11.7 Å². The van der Waals surface area contributed by atoms with Crippen LogP contribution in [0.2, 0.25) is 10.0 Å². The Morgan fingerprint density at radius 3 is 2.21 bits per heavy atom. The van der Waals surface area contributed by atoms with Crippen LogP contribution in [0.1, 0.15) is 28.8 Å². The van der Waals surface area contributed by atoms with Crippen molar-refractivity contribution in [2.75, 3.05) is 0 Å². The van der Waals surface area contributed by atoms with Gasteiger partial charge in [0, 0.05) is 15.6 Å². The molecule has 3 atom stereocenters. The molecule has 0 aromatic heterocycles. The maximum atomic E-state index is 13.8. The maximum absolute atomic E-state index is 13.8. The van der Waals surface area contributed by atoms with E-state index in [9.17, 15) is 14.7 Å². The van der Waals surface area contributed by atoms with Gasteiger partial charge in [0.25, 0.3) is 0 Å². The number of carboxylic acids is 1. The molecule has 0 heterocycles. The number of carbonyl (C=O) groups excluding carboxylic acids is 1. The number of hydrogen-bond acceptors (Lipinski definition) is 2. The van der Waals surface area contributed by atoms with Crippen LogP contribution < -0.4 is 0 Å². The number of hydrogen-bond donors (Lipinski definition) is 1. The molecule has 3 nitrogen and oxygen atoms in total. The van der Waals surface area contributed by atoms with Crippen molar-refractivity contribution in [3.8, 4) is 0 Å². The first-order chi connectivity index (χ1) is 13.9. The van der Waals surface area contributed by atoms with Crippen LogP contribution in [0.4, 0.5) is 0 Å². The highest BCUT2D eigenvalue weighted by atomic mass is 35.5. The van der Waals surface area contributed by atoms with Crippen LogP contribution in [-0.4, -0.2) is 16.9 Å². The van der Waals surface area contributed by atoms with Crippen molar-refractivity contribution in [1.82, 2.24) is 0 Å². The van der Waals surface area contributed by atoms with Gasteiger partial charge in [0.1, 0.15) is 0 Å². The monoisotopic (exact) mass is 426 g/mol. The van der Waals surface area contributed by atoms with Crippen molar-refractivity contribution >= 4 is 35.0 Å². The zero-order chi connectivity index (χ0) is 20.6. The molecule has 0 saturated heterocycles. The van der Waals surface area contributed by atoms with Crippen LogP contribution >= 0.6 is 23.2 Å². The van der Waals surface area contributed by atoms with Crippen molar-refractivity contribution in [2.24, 2.45) is 17.3 Å². The highest BCUT2D eigenvalue weighted by Crippen LogP contribution is 2.52. The lowest BCUT2D eigenvalue weighted by atomic mass is 9.62. The van der Waals surface area contributed by atoms with Crippen LogP contribution in [0.15, 0.2) is 72.3 Å². The molecule has 3 unspecified atom stereocenters. The Morgan fingerprint density at radius 1 is 0.966 bits per heavy atom. The number of Topliss-reactive ketones (excluding diaryl/α,β-unsaturated/α-hetero) is 1. The van der Waals surface area contributed by atoms with Crippen LogP contribution in [0, 0.1) is 17.3 Å². The van der Waals surface area contributed by atoms with Gasteiger partial charge in [0.05, 0.1) is 11.3 Å². The molecule has 29 heavy (non-hydrogen) atoms. The van der Waals surface area contributed by atoms with Gasteiger partial charge in [-0.15, -0.1) is 0 Å². The lowest BCUT2D eigenvalue weighted by Crippen LogP contribution is -2.40. The Kier molecular flexibility index (Phi) is 5.37. The van der Waals surface area contributed by atoms with Crippen LogP contribution in [0.5, 0.6) is 0 Å². The molecule has 0 bridgehead atoms. The molecule has 1 fully saturated rings. The molecule has 2 aromatic carbocycles. The van der Waals surface area contributed by atoms with E-state index in [4.69, 9.17) is 23.2 Å². The second-order valence-electron chi connectivity index (χ2n) is 7.73. The van der Waals surface area contributed by atoms with Gasteiger partial charge < -0.3 is 5.11 Å². The fraction of sp³-hybridized carbons (Fsp3) is 0.250. The molecule has 5 heteroatoms. The first-order valence-corrected chi connectivity index (χ1v) is 10.3. The van der Waals surface area contributed by atoms with Gasteiger partial charge in [-0.1, -0.05) is 59.1 Å². The Morgan fingerprint density at radius 2 is 1.59 bits per heavy atom. The van der Waals surface area contributed by atoms with Crippen LogP contribution in [0.25, 0.3) is 0 Å². The fourth-order valence-corrected chi connectivity index (χ4v) is 4.97. The van der Waals surface area contributed by atoms with Crippen LogP contribution in [-0.2, 0) is 11.2 Å². The number of allylic oxidation sites excluding steroid dienone is 3. The summed E-state index contributed by atoms with van der Waals surface area (Å²) in [5.74, 6) is -1.52. The standard InChI is InChI=1S/C24H20Cl2O3/c25-17-7-3-15(4-8-17)14-24(22(27)16-5-9-18(26)10-6-16)13-1-2-19-20(23(28)29)11-12-21(19)24/h1-10,13,20-21H,11-12,14H2,(H,28,29). The topological polar surface area (TPSA) is 54.4 Å². The first-order valence-electron chi connectivity index (χ1n) is 9.57. The molecule has 148 valence electrons.